The van der Waals surface area contributed by atoms with Gasteiger partial charge in [0.1, 0.15) is 5.82 Å². The number of aliphatic imine (C=N–C) groups is 1. The number of rotatable bonds is 6. The van der Waals surface area contributed by atoms with Crippen LogP contribution < -0.4 is 15.5 Å². The number of aliphatic hydroxyl groups is 1. The molecule has 0 atom stereocenters. The summed E-state index contributed by atoms with van der Waals surface area (Å²) in [6, 6.07) is 5.48. The van der Waals surface area contributed by atoms with E-state index in [1.165, 1.54) is 0 Å². The predicted molar refractivity (Wildman–Crippen MR) is 123 cm³/mol. The van der Waals surface area contributed by atoms with Gasteiger partial charge in [-0.2, -0.15) is 0 Å². The number of halogens is 1. The minimum atomic E-state index is -0.280. The Labute approximate surface area is 189 Å². The van der Waals surface area contributed by atoms with E-state index in [1.54, 1.807) is 11.0 Å². The molecule has 0 spiro atoms. The summed E-state index contributed by atoms with van der Waals surface area (Å²) in [4.78, 5) is 20.2. The Balaban J connectivity index is 1.55. The van der Waals surface area contributed by atoms with E-state index in [9.17, 15) is 14.3 Å². The Hall–Kier alpha value is -2.55. The number of likely N-dealkylation sites (tertiary alicyclic amines) is 1. The number of ether oxygens (including phenoxy) is 1. The molecule has 3 N–H and O–H groups in total. The van der Waals surface area contributed by atoms with Gasteiger partial charge < -0.3 is 30.3 Å². The lowest BCUT2D eigenvalue weighted by atomic mass is 10.1. The van der Waals surface area contributed by atoms with Crippen LogP contribution in [0.15, 0.2) is 23.2 Å². The number of amides is 1. The molecule has 0 bridgehead atoms. The van der Waals surface area contributed by atoms with Crippen molar-refractivity contribution in [2.45, 2.75) is 58.2 Å². The zero-order valence-corrected chi connectivity index (χ0v) is 19.1. The first kappa shape index (κ1) is 24.1. The molecule has 8 nitrogen and oxygen atoms in total. The Kier molecular flexibility index (Phi) is 8.96. The Bertz CT molecular complexity index is 775. The molecule has 0 unspecified atom stereocenters. The van der Waals surface area contributed by atoms with Crippen molar-refractivity contribution in [1.82, 2.24) is 15.5 Å². The molecule has 32 heavy (non-hydrogen) atoms. The van der Waals surface area contributed by atoms with Gasteiger partial charge in [0.2, 0.25) is 0 Å². The highest BCUT2D eigenvalue weighted by Crippen LogP contribution is 2.24. The van der Waals surface area contributed by atoms with Crippen LogP contribution in [-0.4, -0.2) is 73.5 Å². The van der Waals surface area contributed by atoms with Crippen molar-refractivity contribution in [1.29, 1.82) is 0 Å². The van der Waals surface area contributed by atoms with E-state index < -0.39 is 0 Å². The molecule has 1 aromatic rings. The largest absolute Gasteiger partial charge is 0.450 e. The first-order valence-corrected chi connectivity index (χ1v) is 11.7. The maximum atomic E-state index is 14.7. The molecule has 0 saturated carbocycles. The van der Waals surface area contributed by atoms with E-state index in [1.807, 2.05) is 30.9 Å². The lowest BCUT2D eigenvalue weighted by molar-refractivity contribution is 0.0963. The van der Waals surface area contributed by atoms with Gasteiger partial charge in [-0.05, 0) is 57.2 Å². The van der Waals surface area contributed by atoms with E-state index in [4.69, 9.17) is 4.74 Å². The third-order valence-corrected chi connectivity index (χ3v) is 5.94. The number of benzene rings is 1. The Morgan fingerprint density at radius 3 is 2.53 bits per heavy atom. The molecule has 2 aliphatic rings. The van der Waals surface area contributed by atoms with Crippen LogP contribution in [0.4, 0.5) is 14.9 Å². The van der Waals surface area contributed by atoms with Gasteiger partial charge in [-0.15, -0.1) is 0 Å². The maximum Gasteiger partial charge on any atom is 0.409 e. The molecule has 2 heterocycles. The third-order valence-electron chi connectivity index (χ3n) is 5.94. The number of aliphatic hydroxyl groups excluding tert-OH is 1. The van der Waals surface area contributed by atoms with Crippen LogP contribution in [0.5, 0.6) is 0 Å². The molecule has 1 aromatic carbocycles. The summed E-state index contributed by atoms with van der Waals surface area (Å²) in [7, 11) is 0. The topological polar surface area (TPSA) is 89.4 Å². The number of hydrogen-bond donors (Lipinski definition) is 3. The molecule has 178 valence electrons. The molecule has 0 aromatic heterocycles. The number of nitrogens with one attached hydrogen (secondary N) is 2. The van der Waals surface area contributed by atoms with E-state index in [0.717, 1.165) is 24.9 Å². The summed E-state index contributed by atoms with van der Waals surface area (Å²) in [6.45, 7) is 7.92. The van der Waals surface area contributed by atoms with Crippen LogP contribution in [0, 0.1) is 5.82 Å². The SMILES string of the molecule is CCNC(=NCc1ccc(N2CCC(O)CC2)c(F)c1)NC1CCN(C(=O)OCC)CC1. The van der Waals surface area contributed by atoms with Crippen LogP contribution in [0.3, 0.4) is 0 Å². The van der Waals surface area contributed by atoms with Crippen LogP contribution in [0.2, 0.25) is 0 Å². The van der Waals surface area contributed by atoms with Gasteiger partial charge >= 0.3 is 6.09 Å². The lowest BCUT2D eigenvalue weighted by Gasteiger charge is -2.32. The zero-order chi connectivity index (χ0) is 22.9. The molecule has 2 aliphatic heterocycles. The van der Waals surface area contributed by atoms with Crippen molar-refractivity contribution < 1.29 is 19.0 Å². The highest BCUT2D eigenvalue weighted by molar-refractivity contribution is 5.80. The van der Waals surface area contributed by atoms with Crippen LogP contribution >= 0.6 is 0 Å². The second-order valence-electron chi connectivity index (χ2n) is 8.30. The third kappa shape index (κ3) is 6.72. The predicted octanol–water partition coefficient (Wildman–Crippen LogP) is 2.46. The smallest absolute Gasteiger partial charge is 0.409 e. The van der Waals surface area contributed by atoms with Crippen molar-refractivity contribution in [3.05, 3.63) is 29.6 Å². The van der Waals surface area contributed by atoms with Gasteiger partial charge in [0.05, 0.1) is 24.9 Å². The number of nitrogens with zero attached hydrogens (tertiary/aromatic N) is 3. The monoisotopic (exact) mass is 449 g/mol. The van der Waals surface area contributed by atoms with Gasteiger partial charge in [-0.1, -0.05) is 6.07 Å². The minimum Gasteiger partial charge on any atom is -0.450 e. The molecule has 0 radical (unpaired) electrons. The van der Waals surface area contributed by atoms with Crippen LogP contribution in [0.25, 0.3) is 0 Å². The Morgan fingerprint density at radius 2 is 1.91 bits per heavy atom. The van der Waals surface area contributed by atoms with E-state index in [-0.39, 0.29) is 24.1 Å². The number of anilines is 1. The summed E-state index contributed by atoms with van der Waals surface area (Å²) in [6.07, 6.45) is 2.44. The van der Waals surface area contributed by atoms with E-state index >= 15 is 0 Å². The number of hydrogen-bond acceptors (Lipinski definition) is 5. The van der Waals surface area contributed by atoms with Crippen LogP contribution in [0.1, 0.15) is 45.1 Å². The normalized spacial score (nSPS) is 18.6. The molecule has 3 rings (SSSR count). The number of carbonyl (C=O) groups excluding carboxylic acids is 1. The molecule has 0 aliphatic carbocycles. The van der Waals surface area contributed by atoms with Gasteiger partial charge in [-0.25, -0.2) is 14.2 Å². The summed E-state index contributed by atoms with van der Waals surface area (Å²) in [5.74, 6) is 0.440. The average molecular weight is 450 g/mol. The molecule has 2 saturated heterocycles. The van der Waals surface area contributed by atoms with E-state index in [0.29, 0.717) is 63.8 Å². The zero-order valence-electron chi connectivity index (χ0n) is 19.1. The second kappa shape index (κ2) is 11.9. The molecular formula is C23H36FN5O3. The highest BCUT2D eigenvalue weighted by Gasteiger charge is 2.24. The lowest BCUT2D eigenvalue weighted by Crippen LogP contribution is -2.49. The molecule has 2 fully saturated rings. The van der Waals surface area contributed by atoms with E-state index in [2.05, 4.69) is 15.6 Å². The van der Waals surface area contributed by atoms with Gasteiger partial charge in [0.15, 0.2) is 5.96 Å². The van der Waals surface area contributed by atoms with Crippen molar-refractivity contribution >= 4 is 17.7 Å². The summed E-state index contributed by atoms with van der Waals surface area (Å²) in [5, 5.41) is 16.3. The highest BCUT2D eigenvalue weighted by atomic mass is 19.1. The fourth-order valence-corrected chi connectivity index (χ4v) is 4.12. The van der Waals surface area contributed by atoms with Crippen molar-refractivity contribution in [2.75, 3.05) is 44.2 Å². The molecule has 1 amide bonds. The van der Waals surface area contributed by atoms with Crippen molar-refractivity contribution in [2.24, 2.45) is 4.99 Å². The fourth-order valence-electron chi connectivity index (χ4n) is 4.12. The Morgan fingerprint density at radius 1 is 1.19 bits per heavy atom. The standard InChI is InChI=1S/C23H36FN5O3/c1-3-25-22(27-18-7-11-29(12-8-18)23(31)32-4-2)26-16-17-5-6-21(20(24)15-17)28-13-9-19(30)10-14-28/h5-6,15,18-19,30H,3-4,7-14,16H2,1-2H3,(H2,25,26,27). The number of guanidine groups is 1. The second-order valence-corrected chi connectivity index (χ2v) is 8.30. The van der Waals surface area contributed by atoms with Crippen molar-refractivity contribution in [3.63, 3.8) is 0 Å². The number of carbonyl (C=O) groups is 1. The molecule has 9 heteroatoms. The summed E-state index contributed by atoms with van der Waals surface area (Å²) < 4.78 is 19.8. The quantitative estimate of drug-likeness (QED) is 0.457. The average Bonchev–Trinajstić information content (AvgIpc) is 2.79. The number of piperidine rings is 2. The first-order chi connectivity index (χ1) is 15.5. The molecular weight excluding hydrogens is 413 g/mol. The van der Waals surface area contributed by atoms with Gasteiger partial charge in [0.25, 0.3) is 0 Å². The van der Waals surface area contributed by atoms with Gasteiger partial charge in [0, 0.05) is 38.8 Å². The van der Waals surface area contributed by atoms with Crippen molar-refractivity contribution in [3.8, 4) is 0 Å². The minimum absolute atomic E-state index is 0.215. The summed E-state index contributed by atoms with van der Waals surface area (Å²) in [5.41, 5.74) is 1.39. The fraction of sp³-hybridized carbons (Fsp3) is 0.652. The van der Waals surface area contributed by atoms with Gasteiger partial charge in [-0.3, -0.25) is 0 Å². The van der Waals surface area contributed by atoms with Crippen LogP contribution in [-0.2, 0) is 11.3 Å². The maximum absolute atomic E-state index is 14.7. The first-order valence-electron chi connectivity index (χ1n) is 11.7. The summed E-state index contributed by atoms with van der Waals surface area (Å²) >= 11 is 0.